The van der Waals surface area contributed by atoms with E-state index in [1.807, 2.05) is 12.1 Å². The number of benzene rings is 1. The van der Waals surface area contributed by atoms with Gasteiger partial charge in [-0.15, -0.1) is 0 Å². The number of ether oxygens (including phenoxy) is 2. The summed E-state index contributed by atoms with van der Waals surface area (Å²) >= 11 is 0. The summed E-state index contributed by atoms with van der Waals surface area (Å²) in [4.78, 5) is 38.7. The second-order valence-electron chi connectivity index (χ2n) is 6.74. The molecular formula is C21H21N5O4. The van der Waals surface area contributed by atoms with Crippen LogP contribution in [-0.2, 0) is 11.2 Å². The number of urea groups is 1. The van der Waals surface area contributed by atoms with Gasteiger partial charge in [-0.25, -0.2) is 14.6 Å². The highest BCUT2D eigenvalue weighted by atomic mass is 16.5. The number of nitrogens with zero attached hydrogens (tertiary/aromatic N) is 3. The molecule has 1 unspecified atom stereocenters. The Morgan fingerprint density at radius 1 is 1.27 bits per heavy atom. The van der Waals surface area contributed by atoms with Crippen LogP contribution in [0, 0.1) is 0 Å². The molecule has 0 saturated carbocycles. The SMILES string of the molecule is COC(=O)c1ccc(OC)c(NC(=O)N2CCc3[nH]cnc3C2c2cccnc2)c1. The number of aromatic amines is 1. The van der Waals surface area contributed by atoms with Gasteiger partial charge in [-0.2, -0.15) is 0 Å². The number of amides is 2. The zero-order chi connectivity index (χ0) is 21.1. The molecule has 3 aromatic rings. The Morgan fingerprint density at radius 3 is 2.87 bits per heavy atom. The Morgan fingerprint density at radius 2 is 2.13 bits per heavy atom. The van der Waals surface area contributed by atoms with Crippen molar-refractivity contribution in [1.82, 2.24) is 19.9 Å². The van der Waals surface area contributed by atoms with Crippen LogP contribution in [0.2, 0.25) is 0 Å². The van der Waals surface area contributed by atoms with Gasteiger partial charge in [0.05, 0.1) is 37.5 Å². The predicted octanol–water partition coefficient (Wildman–Crippen LogP) is 2.78. The predicted molar refractivity (Wildman–Crippen MR) is 108 cm³/mol. The Balaban J connectivity index is 1.67. The molecular weight excluding hydrogens is 386 g/mol. The van der Waals surface area contributed by atoms with E-state index in [2.05, 4.69) is 20.3 Å². The molecule has 9 nitrogen and oxygen atoms in total. The fraction of sp³-hybridized carbons (Fsp3) is 0.238. The van der Waals surface area contributed by atoms with E-state index in [9.17, 15) is 9.59 Å². The van der Waals surface area contributed by atoms with Crippen LogP contribution in [-0.4, -0.2) is 52.6 Å². The van der Waals surface area contributed by atoms with Crippen LogP contribution in [0.3, 0.4) is 0 Å². The maximum absolute atomic E-state index is 13.3. The molecule has 2 N–H and O–H groups in total. The third-order valence-electron chi connectivity index (χ3n) is 5.05. The minimum absolute atomic E-state index is 0.311. The lowest BCUT2D eigenvalue weighted by atomic mass is 9.97. The maximum Gasteiger partial charge on any atom is 0.337 e. The van der Waals surface area contributed by atoms with E-state index in [4.69, 9.17) is 9.47 Å². The van der Waals surface area contributed by atoms with Crippen molar-refractivity contribution in [3.05, 3.63) is 71.6 Å². The number of H-pyrrole nitrogens is 1. The highest BCUT2D eigenvalue weighted by molar-refractivity contribution is 5.95. The summed E-state index contributed by atoms with van der Waals surface area (Å²) in [6.07, 6.45) is 5.70. The van der Waals surface area contributed by atoms with E-state index in [1.54, 1.807) is 35.8 Å². The fourth-order valence-electron chi connectivity index (χ4n) is 3.61. The second-order valence-corrected chi connectivity index (χ2v) is 6.74. The molecule has 9 heteroatoms. The number of methoxy groups -OCH3 is 2. The molecule has 0 bridgehead atoms. The smallest absolute Gasteiger partial charge is 0.337 e. The van der Waals surface area contributed by atoms with E-state index >= 15 is 0 Å². The van der Waals surface area contributed by atoms with Crippen LogP contribution in [0.1, 0.15) is 33.4 Å². The van der Waals surface area contributed by atoms with Gasteiger partial charge < -0.3 is 24.7 Å². The maximum atomic E-state index is 13.3. The van der Waals surface area contributed by atoms with Crippen LogP contribution in [0.5, 0.6) is 5.75 Å². The number of pyridine rings is 1. The van der Waals surface area contributed by atoms with Crippen LogP contribution in [0.4, 0.5) is 10.5 Å². The molecule has 154 valence electrons. The molecule has 30 heavy (non-hydrogen) atoms. The third kappa shape index (κ3) is 3.57. The largest absolute Gasteiger partial charge is 0.495 e. The van der Waals surface area contributed by atoms with E-state index in [0.29, 0.717) is 30.0 Å². The highest BCUT2D eigenvalue weighted by Gasteiger charge is 2.34. The number of carbonyl (C=O) groups is 2. The first kappa shape index (κ1) is 19.4. The number of aromatic nitrogens is 3. The van der Waals surface area contributed by atoms with E-state index < -0.39 is 5.97 Å². The van der Waals surface area contributed by atoms with Crippen molar-refractivity contribution in [2.45, 2.75) is 12.5 Å². The molecule has 1 aliphatic heterocycles. The molecule has 2 aromatic heterocycles. The number of carbonyl (C=O) groups excluding carboxylic acids is 2. The Hall–Kier alpha value is -3.88. The van der Waals surface area contributed by atoms with Gasteiger partial charge in [0.2, 0.25) is 0 Å². The van der Waals surface area contributed by atoms with Gasteiger partial charge in [0, 0.05) is 31.1 Å². The average Bonchev–Trinajstić information content (AvgIpc) is 3.27. The summed E-state index contributed by atoms with van der Waals surface area (Å²) in [6.45, 7) is 0.486. The lowest BCUT2D eigenvalue weighted by molar-refractivity contribution is 0.0600. The van der Waals surface area contributed by atoms with Crippen molar-refractivity contribution < 1.29 is 19.1 Å². The molecule has 1 aliphatic rings. The summed E-state index contributed by atoms with van der Waals surface area (Å²) in [6, 6.07) is 7.75. The average molecular weight is 407 g/mol. The van der Waals surface area contributed by atoms with Gasteiger partial charge in [0.15, 0.2) is 0 Å². The molecule has 4 rings (SSSR count). The summed E-state index contributed by atoms with van der Waals surface area (Å²) in [5, 5.41) is 2.87. The third-order valence-corrected chi connectivity index (χ3v) is 5.05. The molecule has 0 aliphatic carbocycles. The molecule has 0 spiro atoms. The Labute approximate surface area is 173 Å². The summed E-state index contributed by atoms with van der Waals surface area (Å²) in [7, 11) is 2.80. The van der Waals surface area contributed by atoms with Crippen LogP contribution in [0.15, 0.2) is 49.1 Å². The van der Waals surface area contributed by atoms with Crippen LogP contribution in [0.25, 0.3) is 0 Å². The Bertz CT molecular complexity index is 1070. The lowest BCUT2D eigenvalue weighted by Gasteiger charge is -2.35. The van der Waals surface area contributed by atoms with Crippen molar-refractivity contribution in [2.75, 3.05) is 26.1 Å². The molecule has 1 aromatic carbocycles. The zero-order valence-corrected chi connectivity index (χ0v) is 16.6. The highest BCUT2D eigenvalue weighted by Crippen LogP contribution is 2.34. The second kappa shape index (κ2) is 8.24. The van der Waals surface area contributed by atoms with Gasteiger partial charge in [0.1, 0.15) is 11.8 Å². The van der Waals surface area contributed by atoms with Crippen molar-refractivity contribution in [3.63, 3.8) is 0 Å². The minimum Gasteiger partial charge on any atom is -0.495 e. The van der Waals surface area contributed by atoms with Crippen LogP contribution >= 0.6 is 0 Å². The first-order valence-corrected chi connectivity index (χ1v) is 9.38. The first-order chi connectivity index (χ1) is 14.6. The number of esters is 1. The monoisotopic (exact) mass is 407 g/mol. The van der Waals surface area contributed by atoms with Gasteiger partial charge in [-0.1, -0.05) is 6.07 Å². The van der Waals surface area contributed by atoms with Crippen molar-refractivity contribution in [1.29, 1.82) is 0 Å². The topological polar surface area (TPSA) is 109 Å². The minimum atomic E-state index is -0.500. The summed E-state index contributed by atoms with van der Waals surface area (Å²) < 4.78 is 10.1. The van der Waals surface area contributed by atoms with Gasteiger partial charge in [0.25, 0.3) is 0 Å². The van der Waals surface area contributed by atoms with Gasteiger partial charge in [-0.3, -0.25) is 4.98 Å². The zero-order valence-electron chi connectivity index (χ0n) is 16.6. The fourth-order valence-corrected chi connectivity index (χ4v) is 3.61. The Kier molecular flexibility index (Phi) is 5.34. The van der Waals surface area contributed by atoms with Gasteiger partial charge >= 0.3 is 12.0 Å². The number of nitrogens with one attached hydrogen (secondary N) is 2. The number of imidazole rings is 1. The quantitative estimate of drug-likeness (QED) is 0.644. The normalized spacial score (nSPS) is 15.3. The van der Waals surface area contributed by atoms with Crippen molar-refractivity contribution in [3.8, 4) is 5.75 Å². The first-order valence-electron chi connectivity index (χ1n) is 9.38. The van der Waals surface area contributed by atoms with Crippen molar-refractivity contribution >= 4 is 17.7 Å². The molecule has 1 atom stereocenters. The molecule has 0 saturated heterocycles. The van der Waals surface area contributed by atoms with E-state index in [0.717, 1.165) is 17.0 Å². The van der Waals surface area contributed by atoms with Crippen LogP contribution < -0.4 is 10.1 Å². The van der Waals surface area contributed by atoms with Crippen molar-refractivity contribution in [2.24, 2.45) is 0 Å². The summed E-state index contributed by atoms with van der Waals surface area (Å²) in [5.74, 6) is -0.0630. The lowest BCUT2D eigenvalue weighted by Crippen LogP contribution is -2.43. The summed E-state index contributed by atoms with van der Waals surface area (Å²) in [5.41, 5.74) is 3.34. The number of hydrogen-bond donors (Lipinski definition) is 2. The van der Waals surface area contributed by atoms with Gasteiger partial charge in [-0.05, 0) is 29.8 Å². The van der Waals surface area contributed by atoms with E-state index in [-0.39, 0.29) is 12.1 Å². The standard InChI is InChI=1S/C21H21N5O4/c1-29-17-6-5-13(20(27)30-2)10-16(17)25-21(28)26-9-7-15-18(24-12-23-15)19(26)14-4-3-8-22-11-14/h3-6,8,10-12,19H,7,9H2,1-2H3,(H,23,24)(H,25,28). The number of fused-ring (bicyclic) bond motifs is 1. The molecule has 0 fully saturated rings. The molecule has 0 radical (unpaired) electrons. The number of anilines is 1. The molecule has 3 heterocycles. The number of rotatable bonds is 4. The number of hydrogen-bond acceptors (Lipinski definition) is 6. The van der Waals surface area contributed by atoms with E-state index in [1.165, 1.54) is 20.3 Å². The molecule has 2 amide bonds.